The SMILES string of the molecule is Fc1ccc(CCBr)cc1.OC(c1ccccc1)(c1ccccc1)C1CCN(CCc2ccc(F)cc2)CC1.OC(c1ccccc1)(c1ccccc1)C1CCNCC1. The van der Waals surface area contributed by atoms with Crippen LogP contribution in [0.1, 0.15) is 59.1 Å². The van der Waals surface area contributed by atoms with Gasteiger partial charge in [0, 0.05) is 11.9 Å². The quantitative estimate of drug-likeness (QED) is 0.114. The van der Waals surface area contributed by atoms with Gasteiger partial charge in [-0.1, -0.05) is 162 Å². The molecular formula is C52H57BrF2N2O2. The molecule has 6 aromatic carbocycles. The zero-order chi connectivity index (χ0) is 41.3. The molecule has 3 N–H and O–H groups in total. The zero-order valence-corrected chi connectivity index (χ0v) is 35.4. The summed E-state index contributed by atoms with van der Waals surface area (Å²) >= 11 is 3.31. The molecule has 2 heterocycles. The fraction of sp³-hybridized carbons (Fsp3) is 0.308. The Bertz CT molecular complexity index is 1980. The summed E-state index contributed by atoms with van der Waals surface area (Å²) in [7, 11) is 0. The van der Waals surface area contributed by atoms with Gasteiger partial charge in [-0.25, -0.2) is 8.78 Å². The van der Waals surface area contributed by atoms with Crippen LogP contribution in [0.2, 0.25) is 0 Å². The van der Waals surface area contributed by atoms with Gasteiger partial charge >= 0.3 is 0 Å². The minimum absolute atomic E-state index is 0.168. The second-order valence-electron chi connectivity index (χ2n) is 15.6. The van der Waals surface area contributed by atoms with E-state index in [2.05, 4.69) is 26.1 Å². The van der Waals surface area contributed by atoms with Gasteiger partial charge in [0.05, 0.1) is 0 Å². The Kier molecular flexibility index (Phi) is 16.6. The largest absolute Gasteiger partial charge is 0.380 e. The Morgan fingerprint density at radius 1 is 0.492 bits per heavy atom. The van der Waals surface area contributed by atoms with E-state index < -0.39 is 11.2 Å². The lowest BCUT2D eigenvalue weighted by Crippen LogP contribution is -2.44. The van der Waals surface area contributed by atoms with Crippen molar-refractivity contribution in [3.05, 3.63) is 215 Å². The maximum atomic E-state index is 13.1. The number of hydrogen-bond donors (Lipinski definition) is 3. The summed E-state index contributed by atoms with van der Waals surface area (Å²) in [6.07, 6.45) is 5.78. The van der Waals surface area contributed by atoms with Crippen molar-refractivity contribution in [1.29, 1.82) is 0 Å². The number of likely N-dealkylation sites (tertiary alicyclic amines) is 1. The Balaban J connectivity index is 0.000000168. The second kappa shape index (κ2) is 22.2. The summed E-state index contributed by atoms with van der Waals surface area (Å²) in [4.78, 5) is 2.45. The number of rotatable bonds is 11. The molecule has 2 fully saturated rings. The van der Waals surface area contributed by atoms with Crippen molar-refractivity contribution >= 4 is 15.9 Å². The van der Waals surface area contributed by atoms with Gasteiger partial charge in [-0.3, -0.25) is 0 Å². The van der Waals surface area contributed by atoms with Gasteiger partial charge in [0.1, 0.15) is 22.8 Å². The van der Waals surface area contributed by atoms with Crippen molar-refractivity contribution in [3.63, 3.8) is 0 Å². The number of nitrogens with zero attached hydrogens (tertiary/aromatic N) is 1. The maximum Gasteiger partial charge on any atom is 0.123 e. The van der Waals surface area contributed by atoms with Gasteiger partial charge in [0.25, 0.3) is 0 Å². The molecule has 6 aromatic rings. The Labute approximate surface area is 358 Å². The average molecular weight is 860 g/mol. The molecule has 0 saturated carbocycles. The van der Waals surface area contributed by atoms with Gasteiger partial charge in [-0.15, -0.1) is 0 Å². The minimum atomic E-state index is -0.967. The van der Waals surface area contributed by atoms with E-state index in [9.17, 15) is 19.0 Å². The maximum absolute atomic E-state index is 13.1. The van der Waals surface area contributed by atoms with Crippen molar-refractivity contribution in [2.45, 2.75) is 49.7 Å². The molecule has 2 saturated heterocycles. The van der Waals surface area contributed by atoms with Crippen LogP contribution in [0.4, 0.5) is 8.78 Å². The highest BCUT2D eigenvalue weighted by molar-refractivity contribution is 9.09. The van der Waals surface area contributed by atoms with Crippen molar-refractivity contribution in [2.24, 2.45) is 11.8 Å². The molecule has 308 valence electrons. The highest BCUT2D eigenvalue weighted by atomic mass is 79.9. The number of benzene rings is 6. The number of hydrogen-bond acceptors (Lipinski definition) is 4. The summed E-state index contributed by atoms with van der Waals surface area (Å²) in [5.41, 5.74) is 4.41. The summed E-state index contributed by atoms with van der Waals surface area (Å²) in [6, 6.07) is 53.7. The van der Waals surface area contributed by atoms with E-state index in [1.54, 1.807) is 12.1 Å². The molecule has 0 unspecified atom stereocenters. The van der Waals surface area contributed by atoms with Crippen molar-refractivity contribution in [2.75, 3.05) is 38.1 Å². The van der Waals surface area contributed by atoms with Crippen LogP contribution in [0.15, 0.2) is 170 Å². The molecule has 8 rings (SSSR count). The normalized spacial score (nSPS) is 15.3. The summed E-state index contributed by atoms with van der Waals surface area (Å²) in [5.74, 6) is 0.0805. The first-order chi connectivity index (χ1) is 28.8. The smallest absolute Gasteiger partial charge is 0.123 e. The summed E-state index contributed by atoms with van der Waals surface area (Å²) < 4.78 is 25.4. The molecule has 2 aliphatic rings. The molecule has 0 atom stereocenters. The van der Waals surface area contributed by atoms with Crippen LogP contribution in [0.25, 0.3) is 0 Å². The van der Waals surface area contributed by atoms with E-state index >= 15 is 0 Å². The second-order valence-corrected chi connectivity index (χ2v) is 16.4. The van der Waals surface area contributed by atoms with Crippen molar-refractivity contribution in [1.82, 2.24) is 10.2 Å². The molecule has 0 spiro atoms. The Morgan fingerprint density at radius 2 is 0.831 bits per heavy atom. The van der Waals surface area contributed by atoms with Crippen LogP contribution in [-0.2, 0) is 24.0 Å². The van der Waals surface area contributed by atoms with Crippen LogP contribution in [0, 0.1) is 23.5 Å². The molecule has 7 heteroatoms. The fourth-order valence-electron chi connectivity index (χ4n) is 8.56. The third-order valence-corrected chi connectivity index (χ3v) is 12.3. The molecule has 0 aromatic heterocycles. The van der Waals surface area contributed by atoms with Crippen LogP contribution in [0.5, 0.6) is 0 Å². The fourth-order valence-corrected chi connectivity index (χ4v) is 9.02. The predicted molar refractivity (Wildman–Crippen MR) is 241 cm³/mol. The van der Waals surface area contributed by atoms with Crippen LogP contribution < -0.4 is 5.32 Å². The summed E-state index contributed by atoms with van der Waals surface area (Å²) in [6.45, 7) is 4.86. The van der Waals surface area contributed by atoms with Crippen LogP contribution in [-0.4, -0.2) is 53.2 Å². The van der Waals surface area contributed by atoms with Crippen LogP contribution >= 0.6 is 15.9 Å². The zero-order valence-electron chi connectivity index (χ0n) is 33.8. The van der Waals surface area contributed by atoms with Gasteiger partial charge in [0.2, 0.25) is 0 Å². The van der Waals surface area contributed by atoms with Crippen molar-refractivity contribution in [3.8, 4) is 0 Å². The van der Waals surface area contributed by atoms with Gasteiger partial charge in [-0.05, 0) is 134 Å². The first-order valence-electron chi connectivity index (χ1n) is 21.0. The lowest BCUT2D eigenvalue weighted by Gasteiger charge is -2.42. The Morgan fingerprint density at radius 3 is 1.19 bits per heavy atom. The number of aliphatic hydroxyl groups is 2. The molecule has 0 amide bonds. The first-order valence-corrected chi connectivity index (χ1v) is 22.1. The van der Waals surface area contributed by atoms with Gasteiger partial charge in [0.15, 0.2) is 0 Å². The summed E-state index contributed by atoms with van der Waals surface area (Å²) in [5, 5.41) is 27.8. The first kappa shape index (κ1) is 44.1. The number of alkyl halides is 1. The topological polar surface area (TPSA) is 55.7 Å². The van der Waals surface area contributed by atoms with E-state index in [4.69, 9.17) is 0 Å². The molecule has 59 heavy (non-hydrogen) atoms. The predicted octanol–water partition coefficient (Wildman–Crippen LogP) is 10.7. The lowest BCUT2D eigenvalue weighted by molar-refractivity contribution is -0.0140. The molecule has 4 nitrogen and oxygen atoms in total. The number of nitrogens with one attached hydrogen (secondary N) is 1. The van der Waals surface area contributed by atoms with Crippen molar-refractivity contribution < 1.29 is 19.0 Å². The van der Waals surface area contributed by atoms with E-state index in [1.165, 1.54) is 35.4 Å². The molecular weight excluding hydrogens is 802 g/mol. The highest BCUT2D eigenvalue weighted by Gasteiger charge is 2.42. The minimum Gasteiger partial charge on any atom is -0.380 e. The third kappa shape index (κ3) is 11.8. The molecule has 0 radical (unpaired) electrons. The van der Waals surface area contributed by atoms with E-state index in [-0.39, 0.29) is 23.5 Å². The van der Waals surface area contributed by atoms with E-state index in [1.807, 2.05) is 133 Å². The average Bonchev–Trinajstić information content (AvgIpc) is 3.31. The van der Waals surface area contributed by atoms with Crippen LogP contribution in [0.3, 0.4) is 0 Å². The monoisotopic (exact) mass is 858 g/mol. The third-order valence-electron chi connectivity index (χ3n) is 11.9. The standard InChI is InChI=1S/C26H28FNO.C18H21NO.C8H8BrF/c27-25-13-11-21(12-14-25)15-18-28-19-16-24(17-20-28)26(29,22-7-3-1-4-8-22)23-9-5-2-6-10-23;20-18(15-7-3-1-4-8-15,16-9-5-2-6-10-16)17-11-13-19-14-12-17;9-6-5-7-1-3-8(10)4-2-7/h1-14,24,29H,15-20H2;1-10,17,19-20H,11-14H2;1-4H,5-6H2. The molecule has 0 aliphatic carbocycles. The number of aryl methyl sites for hydroxylation is 1. The van der Waals surface area contributed by atoms with Gasteiger partial charge in [-0.2, -0.15) is 0 Å². The molecule has 0 bridgehead atoms. The highest BCUT2D eigenvalue weighted by Crippen LogP contribution is 2.42. The number of piperidine rings is 2. The molecule has 2 aliphatic heterocycles. The van der Waals surface area contributed by atoms with E-state index in [0.717, 1.165) is 98.8 Å². The number of halogens is 3. The Hall–Kier alpha value is -4.50. The van der Waals surface area contributed by atoms with E-state index in [0.29, 0.717) is 0 Å². The lowest BCUT2D eigenvalue weighted by atomic mass is 9.72. The van der Waals surface area contributed by atoms with Gasteiger partial charge < -0.3 is 20.4 Å².